The molecule has 0 saturated carbocycles. The van der Waals surface area contributed by atoms with Crippen LogP contribution in [0.3, 0.4) is 0 Å². The molecule has 0 aromatic carbocycles. The molecule has 0 aliphatic carbocycles. The lowest BCUT2D eigenvalue weighted by Gasteiger charge is -2.28. The fraction of sp³-hybridized carbons (Fsp3) is 0.688. The van der Waals surface area contributed by atoms with Gasteiger partial charge in [-0.25, -0.2) is 0 Å². The van der Waals surface area contributed by atoms with Crippen LogP contribution in [0.4, 0.5) is 0 Å². The van der Waals surface area contributed by atoms with Gasteiger partial charge in [-0.3, -0.25) is 10.1 Å². The van der Waals surface area contributed by atoms with Crippen LogP contribution in [-0.2, 0) is 9.53 Å². The Morgan fingerprint density at radius 1 is 1.43 bits per heavy atom. The number of carbonyl (C=O) groups excluding carboxylic acids is 1. The molecule has 0 spiro atoms. The third kappa shape index (κ3) is 2.87. The number of thiophene rings is 1. The van der Waals surface area contributed by atoms with Crippen molar-refractivity contribution < 1.29 is 9.53 Å². The Kier molecular flexibility index (Phi) is 4.62. The van der Waals surface area contributed by atoms with Gasteiger partial charge in [0.15, 0.2) is 0 Å². The second kappa shape index (κ2) is 6.46. The van der Waals surface area contributed by atoms with E-state index in [1.807, 2.05) is 4.90 Å². The Morgan fingerprint density at radius 3 is 2.95 bits per heavy atom. The molecule has 2 fully saturated rings. The summed E-state index contributed by atoms with van der Waals surface area (Å²) in [5, 5.41) is 5.57. The standard InChI is InChI=1S/C16H24N2O2S/c1-3-12-16(19)18(10-11-7-8-20-13(11)4-2)15(17-12)14-6-5-9-21-14/h5-6,9,11-13,15,17H,3-4,7-8,10H2,1-2H3. The third-order valence-electron chi connectivity index (χ3n) is 4.65. The molecule has 1 aromatic rings. The summed E-state index contributed by atoms with van der Waals surface area (Å²) < 4.78 is 5.78. The second-order valence-electron chi connectivity index (χ2n) is 5.90. The molecule has 0 radical (unpaired) electrons. The minimum absolute atomic E-state index is 0.0421. The lowest BCUT2D eigenvalue weighted by atomic mass is 9.98. The van der Waals surface area contributed by atoms with Gasteiger partial charge in [0.05, 0.1) is 12.1 Å². The van der Waals surface area contributed by atoms with Gasteiger partial charge < -0.3 is 9.64 Å². The number of amides is 1. The normalized spacial score (nSPS) is 33.0. The third-order valence-corrected chi connectivity index (χ3v) is 5.58. The van der Waals surface area contributed by atoms with Crippen molar-refractivity contribution in [2.75, 3.05) is 13.2 Å². The van der Waals surface area contributed by atoms with E-state index in [4.69, 9.17) is 4.74 Å². The molecule has 21 heavy (non-hydrogen) atoms. The SMILES string of the molecule is CCC1NC(c2cccs2)N(CC2CCOC2CC)C1=O. The van der Waals surface area contributed by atoms with Crippen LogP contribution in [-0.4, -0.2) is 36.1 Å². The number of rotatable bonds is 5. The summed E-state index contributed by atoms with van der Waals surface area (Å²) in [6.07, 6.45) is 3.29. The van der Waals surface area contributed by atoms with Crippen LogP contribution in [0, 0.1) is 5.92 Å². The molecule has 3 heterocycles. The van der Waals surface area contributed by atoms with Crippen LogP contribution < -0.4 is 5.32 Å². The van der Waals surface area contributed by atoms with E-state index in [1.54, 1.807) is 11.3 Å². The van der Waals surface area contributed by atoms with Crippen molar-refractivity contribution in [3.05, 3.63) is 22.4 Å². The highest BCUT2D eigenvalue weighted by Gasteiger charge is 2.41. The average Bonchev–Trinajstić information content (AvgIpc) is 3.21. The van der Waals surface area contributed by atoms with E-state index in [9.17, 15) is 4.79 Å². The maximum atomic E-state index is 12.7. The Morgan fingerprint density at radius 2 is 2.29 bits per heavy atom. The molecular weight excluding hydrogens is 284 g/mol. The van der Waals surface area contributed by atoms with E-state index >= 15 is 0 Å². The number of nitrogens with zero attached hydrogens (tertiary/aromatic N) is 1. The molecule has 0 bridgehead atoms. The quantitative estimate of drug-likeness (QED) is 0.909. The summed E-state index contributed by atoms with van der Waals surface area (Å²) in [7, 11) is 0. The van der Waals surface area contributed by atoms with Gasteiger partial charge in [0.2, 0.25) is 5.91 Å². The Labute approximate surface area is 130 Å². The van der Waals surface area contributed by atoms with Crippen LogP contribution >= 0.6 is 11.3 Å². The van der Waals surface area contributed by atoms with Crippen LogP contribution in [0.5, 0.6) is 0 Å². The van der Waals surface area contributed by atoms with Crippen molar-refractivity contribution in [3.63, 3.8) is 0 Å². The average molecular weight is 308 g/mol. The second-order valence-corrected chi connectivity index (χ2v) is 6.88. The molecule has 1 amide bonds. The Bertz CT molecular complexity index is 477. The highest BCUT2D eigenvalue weighted by atomic mass is 32.1. The number of nitrogens with one attached hydrogen (secondary N) is 1. The van der Waals surface area contributed by atoms with Crippen LogP contribution in [0.1, 0.15) is 44.2 Å². The van der Waals surface area contributed by atoms with E-state index in [0.717, 1.165) is 32.4 Å². The van der Waals surface area contributed by atoms with E-state index in [-0.39, 0.29) is 18.1 Å². The van der Waals surface area contributed by atoms with Crippen molar-refractivity contribution in [2.24, 2.45) is 5.92 Å². The first-order valence-electron chi connectivity index (χ1n) is 7.96. The predicted molar refractivity (Wildman–Crippen MR) is 84.1 cm³/mol. The van der Waals surface area contributed by atoms with Crippen molar-refractivity contribution in [1.29, 1.82) is 0 Å². The summed E-state index contributed by atoms with van der Waals surface area (Å²) in [6.45, 7) is 5.87. The smallest absolute Gasteiger partial charge is 0.241 e. The summed E-state index contributed by atoms with van der Waals surface area (Å²) in [4.78, 5) is 15.9. The first-order chi connectivity index (χ1) is 10.2. The monoisotopic (exact) mass is 308 g/mol. The zero-order valence-electron chi connectivity index (χ0n) is 12.7. The van der Waals surface area contributed by atoms with Gasteiger partial charge in [-0.1, -0.05) is 19.9 Å². The van der Waals surface area contributed by atoms with Gasteiger partial charge in [-0.05, 0) is 30.7 Å². The number of carbonyl (C=O) groups is 1. The van der Waals surface area contributed by atoms with Crippen molar-refractivity contribution in [1.82, 2.24) is 10.2 Å². The largest absolute Gasteiger partial charge is 0.378 e. The number of hydrogen-bond donors (Lipinski definition) is 1. The molecule has 4 atom stereocenters. The molecule has 4 nitrogen and oxygen atoms in total. The van der Waals surface area contributed by atoms with Gasteiger partial charge in [0.25, 0.3) is 0 Å². The Balaban J connectivity index is 1.77. The van der Waals surface area contributed by atoms with E-state index in [0.29, 0.717) is 12.0 Å². The maximum absolute atomic E-state index is 12.7. The van der Waals surface area contributed by atoms with E-state index in [2.05, 4.69) is 36.7 Å². The molecule has 4 unspecified atom stereocenters. The molecule has 2 saturated heterocycles. The minimum atomic E-state index is -0.0421. The zero-order chi connectivity index (χ0) is 14.8. The first kappa shape index (κ1) is 15.0. The lowest BCUT2D eigenvalue weighted by molar-refractivity contribution is -0.131. The van der Waals surface area contributed by atoms with Gasteiger partial charge in [-0.2, -0.15) is 0 Å². The molecule has 3 rings (SSSR count). The minimum Gasteiger partial charge on any atom is -0.378 e. The molecular formula is C16H24N2O2S. The summed E-state index contributed by atoms with van der Waals surface area (Å²) in [5.41, 5.74) is 0. The molecule has 1 N–H and O–H groups in total. The molecule has 2 aliphatic rings. The molecule has 5 heteroatoms. The fourth-order valence-corrected chi connectivity index (χ4v) is 4.25. The summed E-state index contributed by atoms with van der Waals surface area (Å²) >= 11 is 1.72. The summed E-state index contributed by atoms with van der Waals surface area (Å²) in [5.74, 6) is 0.719. The van der Waals surface area contributed by atoms with E-state index in [1.165, 1.54) is 4.88 Å². The number of hydrogen-bond acceptors (Lipinski definition) is 4. The lowest BCUT2D eigenvalue weighted by Crippen LogP contribution is -2.37. The molecule has 1 aromatic heterocycles. The van der Waals surface area contributed by atoms with Crippen molar-refractivity contribution in [3.8, 4) is 0 Å². The van der Waals surface area contributed by atoms with Crippen LogP contribution in [0.25, 0.3) is 0 Å². The highest BCUT2D eigenvalue weighted by molar-refractivity contribution is 7.10. The predicted octanol–water partition coefficient (Wildman–Crippen LogP) is 2.77. The summed E-state index contributed by atoms with van der Waals surface area (Å²) in [6, 6.07) is 4.12. The van der Waals surface area contributed by atoms with Gasteiger partial charge in [-0.15, -0.1) is 11.3 Å². The van der Waals surface area contributed by atoms with Gasteiger partial charge >= 0.3 is 0 Å². The van der Waals surface area contributed by atoms with Gasteiger partial charge in [0, 0.05) is 23.9 Å². The zero-order valence-corrected chi connectivity index (χ0v) is 13.6. The fourth-order valence-electron chi connectivity index (χ4n) is 3.46. The topological polar surface area (TPSA) is 41.6 Å². The maximum Gasteiger partial charge on any atom is 0.241 e. The van der Waals surface area contributed by atoms with Crippen molar-refractivity contribution in [2.45, 2.75) is 51.4 Å². The number of ether oxygens (including phenoxy) is 1. The molecule has 116 valence electrons. The van der Waals surface area contributed by atoms with Crippen LogP contribution in [0.15, 0.2) is 17.5 Å². The van der Waals surface area contributed by atoms with E-state index < -0.39 is 0 Å². The highest BCUT2D eigenvalue weighted by Crippen LogP contribution is 2.33. The van der Waals surface area contributed by atoms with Crippen LogP contribution in [0.2, 0.25) is 0 Å². The Hall–Kier alpha value is -0.910. The van der Waals surface area contributed by atoms with Crippen molar-refractivity contribution >= 4 is 17.2 Å². The molecule has 2 aliphatic heterocycles. The first-order valence-corrected chi connectivity index (χ1v) is 8.84. The van der Waals surface area contributed by atoms with Gasteiger partial charge in [0.1, 0.15) is 6.17 Å².